The number of hydrogen-bond acceptors (Lipinski definition) is 7. The molecule has 2 aromatic carbocycles. The van der Waals surface area contributed by atoms with Crippen LogP contribution in [0.25, 0.3) is 16.3 Å². The minimum absolute atomic E-state index is 0.248. The van der Waals surface area contributed by atoms with E-state index in [0.717, 1.165) is 16.3 Å². The Hall–Kier alpha value is -4.16. The van der Waals surface area contributed by atoms with Gasteiger partial charge in [0.05, 0.1) is 24.1 Å². The van der Waals surface area contributed by atoms with E-state index in [1.54, 1.807) is 17.2 Å². The van der Waals surface area contributed by atoms with Gasteiger partial charge in [-0.1, -0.05) is 30.3 Å². The van der Waals surface area contributed by atoms with E-state index < -0.39 is 0 Å². The summed E-state index contributed by atoms with van der Waals surface area (Å²) in [5.41, 5.74) is 9.11. The monoisotopic (exact) mass is 458 g/mol. The molecule has 8 nitrogen and oxygen atoms in total. The summed E-state index contributed by atoms with van der Waals surface area (Å²) in [6.45, 7) is 0.420. The number of rotatable bonds is 8. The Kier molecular flexibility index (Phi) is 6.66. The normalized spacial score (nSPS) is 10.5. The Morgan fingerprint density at radius 3 is 2.73 bits per heavy atom. The van der Waals surface area contributed by atoms with Crippen molar-refractivity contribution < 1.29 is 9.53 Å². The summed E-state index contributed by atoms with van der Waals surface area (Å²) in [6.07, 6.45) is 1.12. The number of para-hydroxylation sites is 2. The fourth-order valence-electron chi connectivity index (χ4n) is 3.41. The predicted molar refractivity (Wildman–Crippen MR) is 127 cm³/mol. The molecule has 4 aromatic rings. The van der Waals surface area contributed by atoms with Crippen molar-refractivity contribution in [1.29, 1.82) is 5.26 Å². The molecule has 0 aliphatic rings. The number of nitriles is 1. The summed E-state index contributed by atoms with van der Waals surface area (Å²) in [7, 11) is 1.61. The third-order valence-electron chi connectivity index (χ3n) is 5.06. The first kappa shape index (κ1) is 22.0. The van der Waals surface area contributed by atoms with E-state index in [9.17, 15) is 10.1 Å². The number of nitrogen functional groups attached to an aromatic ring is 1. The fraction of sp³-hybridized carbons (Fsp3) is 0.167. The van der Waals surface area contributed by atoms with Crippen LogP contribution in [-0.4, -0.2) is 34.3 Å². The molecule has 0 spiro atoms. The SMILES string of the molecule is COc1ccccc1-c1nc(C(=O)NCCCc2nn(-c3ccccc3)c(N)c2C#N)cs1. The first-order chi connectivity index (χ1) is 16.1. The highest BCUT2D eigenvalue weighted by Gasteiger charge is 2.17. The van der Waals surface area contributed by atoms with E-state index >= 15 is 0 Å². The van der Waals surface area contributed by atoms with Crippen LogP contribution in [0.2, 0.25) is 0 Å². The number of aryl methyl sites for hydroxylation is 1. The number of methoxy groups -OCH3 is 1. The van der Waals surface area contributed by atoms with Gasteiger partial charge < -0.3 is 15.8 Å². The first-order valence-electron chi connectivity index (χ1n) is 10.3. The van der Waals surface area contributed by atoms with Crippen LogP contribution in [0.1, 0.15) is 28.2 Å². The van der Waals surface area contributed by atoms with Gasteiger partial charge in [0.25, 0.3) is 5.91 Å². The lowest BCUT2D eigenvalue weighted by atomic mass is 10.1. The number of benzene rings is 2. The van der Waals surface area contributed by atoms with Gasteiger partial charge in [-0.2, -0.15) is 10.4 Å². The van der Waals surface area contributed by atoms with Crippen LogP contribution in [-0.2, 0) is 6.42 Å². The van der Waals surface area contributed by atoms with Crippen LogP contribution < -0.4 is 15.8 Å². The van der Waals surface area contributed by atoms with Gasteiger partial charge in [0.2, 0.25) is 0 Å². The molecule has 1 amide bonds. The zero-order chi connectivity index (χ0) is 23.2. The Morgan fingerprint density at radius 1 is 1.21 bits per heavy atom. The van der Waals surface area contributed by atoms with Gasteiger partial charge in [-0.15, -0.1) is 11.3 Å². The van der Waals surface area contributed by atoms with Crippen LogP contribution in [0.15, 0.2) is 60.0 Å². The minimum Gasteiger partial charge on any atom is -0.496 e. The summed E-state index contributed by atoms with van der Waals surface area (Å²) >= 11 is 1.39. The van der Waals surface area contributed by atoms with E-state index in [2.05, 4.69) is 21.5 Å². The highest BCUT2D eigenvalue weighted by atomic mass is 32.1. The van der Waals surface area contributed by atoms with Crippen molar-refractivity contribution in [3.8, 4) is 28.1 Å². The van der Waals surface area contributed by atoms with E-state index in [1.807, 2.05) is 54.6 Å². The Balaban J connectivity index is 1.37. The molecule has 2 heterocycles. The molecule has 0 bridgehead atoms. The zero-order valence-electron chi connectivity index (χ0n) is 18.0. The number of nitrogens with two attached hydrogens (primary N) is 1. The van der Waals surface area contributed by atoms with Crippen molar-refractivity contribution in [1.82, 2.24) is 20.1 Å². The van der Waals surface area contributed by atoms with E-state index in [-0.39, 0.29) is 5.91 Å². The summed E-state index contributed by atoms with van der Waals surface area (Å²) in [5, 5.41) is 19.4. The predicted octanol–water partition coefficient (Wildman–Crippen LogP) is 3.82. The number of nitrogens with zero attached hydrogens (tertiary/aromatic N) is 4. The Bertz CT molecular complexity index is 1310. The second kappa shape index (κ2) is 9.97. The van der Waals surface area contributed by atoms with Gasteiger partial charge in [-0.25, -0.2) is 9.67 Å². The molecule has 0 aliphatic heterocycles. The number of hydrogen-bond donors (Lipinski definition) is 2. The largest absolute Gasteiger partial charge is 0.496 e. The molecule has 0 saturated carbocycles. The van der Waals surface area contributed by atoms with E-state index in [4.69, 9.17) is 10.5 Å². The molecule has 0 radical (unpaired) electrons. The molecule has 33 heavy (non-hydrogen) atoms. The van der Waals surface area contributed by atoms with Crippen molar-refractivity contribution in [2.24, 2.45) is 0 Å². The van der Waals surface area contributed by atoms with Crippen molar-refractivity contribution >= 4 is 23.1 Å². The molecule has 3 N–H and O–H groups in total. The Labute approximate surface area is 195 Å². The molecule has 0 saturated heterocycles. The van der Waals surface area contributed by atoms with Crippen molar-refractivity contribution in [2.75, 3.05) is 19.4 Å². The molecule has 2 aromatic heterocycles. The molecule has 0 atom stereocenters. The van der Waals surface area contributed by atoms with Crippen molar-refractivity contribution in [2.45, 2.75) is 12.8 Å². The lowest BCUT2D eigenvalue weighted by Gasteiger charge is -2.05. The standard InChI is InChI=1S/C24H22N6O2S/c1-32-21-12-6-5-10-17(21)24-28-20(15-33-24)23(31)27-13-7-11-19-18(14-25)22(26)30(29-19)16-8-3-2-4-9-16/h2-6,8-10,12,15H,7,11,13,26H2,1H3,(H,27,31). The summed E-state index contributed by atoms with van der Waals surface area (Å²) in [5.74, 6) is 0.776. The number of aromatic nitrogens is 3. The highest BCUT2D eigenvalue weighted by Crippen LogP contribution is 2.31. The van der Waals surface area contributed by atoms with Gasteiger partial charge >= 0.3 is 0 Å². The molecule has 4 rings (SSSR count). The van der Waals surface area contributed by atoms with Gasteiger partial charge in [-0.3, -0.25) is 4.79 Å². The maximum absolute atomic E-state index is 12.5. The molecule has 9 heteroatoms. The zero-order valence-corrected chi connectivity index (χ0v) is 18.8. The number of nitrogens with one attached hydrogen (secondary N) is 1. The van der Waals surface area contributed by atoms with Crippen LogP contribution in [0, 0.1) is 11.3 Å². The second-order valence-electron chi connectivity index (χ2n) is 7.16. The lowest BCUT2D eigenvalue weighted by Crippen LogP contribution is -2.25. The topological polar surface area (TPSA) is 119 Å². The average Bonchev–Trinajstić information content (AvgIpc) is 3.47. The average molecular weight is 459 g/mol. The number of carbonyl (C=O) groups is 1. The molecule has 166 valence electrons. The van der Waals surface area contributed by atoms with Crippen molar-refractivity contribution in [3.63, 3.8) is 0 Å². The number of ether oxygens (including phenoxy) is 1. The van der Waals surface area contributed by atoms with E-state index in [0.29, 0.717) is 47.9 Å². The fourth-order valence-corrected chi connectivity index (χ4v) is 4.24. The molecule has 0 aliphatic carbocycles. The highest BCUT2D eigenvalue weighted by molar-refractivity contribution is 7.13. The molecule has 0 unspecified atom stereocenters. The molecule has 0 fully saturated rings. The summed E-state index contributed by atoms with van der Waals surface area (Å²) < 4.78 is 6.95. The maximum atomic E-state index is 12.5. The van der Waals surface area contributed by atoms with Gasteiger partial charge in [0.1, 0.15) is 33.9 Å². The van der Waals surface area contributed by atoms with Gasteiger partial charge in [-0.05, 0) is 37.1 Å². The molecular weight excluding hydrogens is 436 g/mol. The minimum atomic E-state index is -0.248. The number of anilines is 1. The van der Waals surface area contributed by atoms with Crippen LogP contribution in [0.3, 0.4) is 0 Å². The van der Waals surface area contributed by atoms with Crippen LogP contribution >= 0.6 is 11.3 Å². The molecular formula is C24H22N6O2S. The summed E-state index contributed by atoms with van der Waals surface area (Å²) in [4.78, 5) is 17.0. The van der Waals surface area contributed by atoms with Crippen LogP contribution in [0.4, 0.5) is 5.82 Å². The third-order valence-corrected chi connectivity index (χ3v) is 5.93. The number of thiazole rings is 1. The van der Waals surface area contributed by atoms with Gasteiger partial charge in [0, 0.05) is 11.9 Å². The quantitative estimate of drug-likeness (QED) is 0.388. The summed E-state index contributed by atoms with van der Waals surface area (Å²) in [6, 6.07) is 19.1. The Morgan fingerprint density at radius 2 is 1.97 bits per heavy atom. The number of amides is 1. The second-order valence-corrected chi connectivity index (χ2v) is 8.02. The van der Waals surface area contributed by atoms with Gasteiger partial charge in [0.15, 0.2) is 0 Å². The van der Waals surface area contributed by atoms with Crippen molar-refractivity contribution in [3.05, 3.63) is 76.9 Å². The first-order valence-corrected chi connectivity index (χ1v) is 11.2. The maximum Gasteiger partial charge on any atom is 0.270 e. The lowest BCUT2D eigenvalue weighted by molar-refractivity contribution is 0.0949. The van der Waals surface area contributed by atoms with E-state index in [1.165, 1.54) is 11.3 Å². The number of carbonyl (C=O) groups excluding carboxylic acids is 1. The van der Waals surface area contributed by atoms with Crippen LogP contribution in [0.5, 0.6) is 5.75 Å². The smallest absolute Gasteiger partial charge is 0.270 e. The third kappa shape index (κ3) is 4.71.